The Bertz CT molecular complexity index is 166. The SMILES string of the molecule is OCCCCCC1(CCCCO)OCCO1. The summed E-state index contributed by atoms with van der Waals surface area (Å²) in [6.07, 6.45) is 6.42. The van der Waals surface area contributed by atoms with Gasteiger partial charge in [-0.25, -0.2) is 0 Å². The van der Waals surface area contributed by atoms with E-state index in [0.29, 0.717) is 13.2 Å². The number of hydrogen-bond donors (Lipinski definition) is 2. The van der Waals surface area contributed by atoms with Crippen LogP contribution in [0.3, 0.4) is 0 Å². The Morgan fingerprint density at radius 2 is 1.25 bits per heavy atom. The van der Waals surface area contributed by atoms with Crippen molar-refractivity contribution in [2.75, 3.05) is 26.4 Å². The zero-order valence-electron chi connectivity index (χ0n) is 9.99. The van der Waals surface area contributed by atoms with Gasteiger partial charge in [0.05, 0.1) is 13.2 Å². The first kappa shape index (κ1) is 13.9. The third-order valence-corrected chi connectivity index (χ3v) is 3.00. The molecule has 0 aromatic heterocycles. The lowest BCUT2D eigenvalue weighted by Gasteiger charge is -2.27. The van der Waals surface area contributed by atoms with E-state index in [1.165, 1.54) is 0 Å². The second-order valence-corrected chi connectivity index (χ2v) is 4.32. The molecule has 0 aromatic carbocycles. The van der Waals surface area contributed by atoms with Gasteiger partial charge in [0.2, 0.25) is 0 Å². The predicted molar refractivity (Wildman–Crippen MR) is 61.1 cm³/mol. The topological polar surface area (TPSA) is 58.9 Å². The lowest BCUT2D eigenvalue weighted by molar-refractivity contribution is -0.168. The maximum absolute atomic E-state index is 8.76. The first-order chi connectivity index (χ1) is 7.83. The van der Waals surface area contributed by atoms with E-state index >= 15 is 0 Å². The summed E-state index contributed by atoms with van der Waals surface area (Å²) < 4.78 is 11.4. The minimum absolute atomic E-state index is 0.237. The maximum Gasteiger partial charge on any atom is 0.168 e. The third kappa shape index (κ3) is 4.78. The minimum Gasteiger partial charge on any atom is -0.396 e. The van der Waals surface area contributed by atoms with E-state index in [2.05, 4.69) is 0 Å². The van der Waals surface area contributed by atoms with Crippen LogP contribution in [0.25, 0.3) is 0 Å². The first-order valence-corrected chi connectivity index (χ1v) is 6.33. The van der Waals surface area contributed by atoms with Gasteiger partial charge in [0.25, 0.3) is 0 Å². The van der Waals surface area contributed by atoms with Crippen LogP contribution in [0.2, 0.25) is 0 Å². The molecule has 1 heterocycles. The number of rotatable bonds is 9. The highest BCUT2D eigenvalue weighted by atomic mass is 16.7. The molecule has 0 amide bonds. The van der Waals surface area contributed by atoms with Crippen molar-refractivity contribution in [1.82, 2.24) is 0 Å². The van der Waals surface area contributed by atoms with E-state index in [9.17, 15) is 0 Å². The quantitative estimate of drug-likeness (QED) is 0.591. The van der Waals surface area contributed by atoms with E-state index in [0.717, 1.165) is 44.9 Å². The summed E-state index contributed by atoms with van der Waals surface area (Å²) in [5.41, 5.74) is 0. The van der Waals surface area contributed by atoms with Crippen molar-refractivity contribution in [2.24, 2.45) is 0 Å². The fraction of sp³-hybridized carbons (Fsp3) is 1.00. The Hall–Kier alpha value is -0.160. The molecule has 1 fully saturated rings. The molecule has 0 aliphatic carbocycles. The van der Waals surface area contributed by atoms with Crippen molar-refractivity contribution in [1.29, 1.82) is 0 Å². The van der Waals surface area contributed by atoms with Crippen molar-refractivity contribution in [3.63, 3.8) is 0 Å². The van der Waals surface area contributed by atoms with Gasteiger partial charge in [-0.15, -0.1) is 0 Å². The van der Waals surface area contributed by atoms with Crippen molar-refractivity contribution in [2.45, 2.75) is 50.7 Å². The second-order valence-electron chi connectivity index (χ2n) is 4.32. The van der Waals surface area contributed by atoms with Crippen LogP contribution in [0.4, 0.5) is 0 Å². The van der Waals surface area contributed by atoms with E-state index < -0.39 is 5.79 Å². The first-order valence-electron chi connectivity index (χ1n) is 6.33. The summed E-state index contributed by atoms with van der Waals surface area (Å²) in [6, 6.07) is 0. The lowest BCUT2D eigenvalue weighted by atomic mass is 10.0. The molecule has 0 spiro atoms. The molecule has 16 heavy (non-hydrogen) atoms. The van der Waals surface area contributed by atoms with Crippen molar-refractivity contribution in [3.05, 3.63) is 0 Å². The van der Waals surface area contributed by atoms with Crippen molar-refractivity contribution in [3.8, 4) is 0 Å². The molecule has 96 valence electrons. The standard InChI is InChI=1S/C12H24O4/c13-8-4-1-2-6-12(7-3-5-9-14)15-10-11-16-12/h13-14H,1-11H2. The largest absolute Gasteiger partial charge is 0.396 e. The molecule has 0 aromatic rings. The molecular formula is C12H24O4. The van der Waals surface area contributed by atoms with Crippen LogP contribution in [0.5, 0.6) is 0 Å². The van der Waals surface area contributed by atoms with Gasteiger partial charge in [-0.05, 0) is 25.7 Å². The lowest BCUT2D eigenvalue weighted by Crippen LogP contribution is -2.30. The average Bonchev–Trinajstić information content (AvgIpc) is 2.74. The number of aliphatic hydroxyl groups is 2. The average molecular weight is 232 g/mol. The Morgan fingerprint density at radius 1 is 0.750 bits per heavy atom. The van der Waals surface area contributed by atoms with Gasteiger partial charge < -0.3 is 19.7 Å². The van der Waals surface area contributed by atoms with E-state index in [1.807, 2.05) is 0 Å². The molecular weight excluding hydrogens is 208 g/mol. The molecule has 0 saturated carbocycles. The second kappa shape index (κ2) is 8.01. The Labute approximate surface area is 97.6 Å². The highest BCUT2D eigenvalue weighted by Gasteiger charge is 2.34. The van der Waals surface area contributed by atoms with Crippen LogP contribution in [0.15, 0.2) is 0 Å². The summed E-state index contributed by atoms with van der Waals surface area (Å²) in [5, 5.41) is 17.5. The van der Waals surface area contributed by atoms with Crippen LogP contribution in [0, 0.1) is 0 Å². The summed E-state index contributed by atoms with van der Waals surface area (Å²) in [4.78, 5) is 0. The minimum atomic E-state index is -0.398. The predicted octanol–water partition coefficient (Wildman–Crippen LogP) is 1.44. The van der Waals surface area contributed by atoms with Crippen LogP contribution >= 0.6 is 0 Å². The summed E-state index contributed by atoms with van der Waals surface area (Å²) in [7, 11) is 0. The summed E-state index contributed by atoms with van der Waals surface area (Å²) in [6.45, 7) is 1.86. The molecule has 4 nitrogen and oxygen atoms in total. The van der Waals surface area contributed by atoms with Gasteiger partial charge in [0.1, 0.15) is 0 Å². The fourth-order valence-corrected chi connectivity index (χ4v) is 2.10. The van der Waals surface area contributed by atoms with Gasteiger partial charge in [-0.3, -0.25) is 0 Å². The van der Waals surface area contributed by atoms with Crippen LogP contribution in [-0.4, -0.2) is 42.4 Å². The molecule has 1 rings (SSSR count). The Morgan fingerprint density at radius 3 is 1.81 bits per heavy atom. The monoisotopic (exact) mass is 232 g/mol. The molecule has 0 bridgehead atoms. The molecule has 0 atom stereocenters. The van der Waals surface area contributed by atoms with Crippen molar-refractivity contribution >= 4 is 0 Å². The zero-order valence-corrected chi connectivity index (χ0v) is 9.99. The molecule has 0 radical (unpaired) electrons. The molecule has 1 saturated heterocycles. The van der Waals surface area contributed by atoms with Crippen LogP contribution in [0.1, 0.15) is 44.9 Å². The van der Waals surface area contributed by atoms with Gasteiger partial charge in [0.15, 0.2) is 5.79 Å². The summed E-state index contributed by atoms with van der Waals surface area (Å²) in [5.74, 6) is -0.398. The van der Waals surface area contributed by atoms with Crippen molar-refractivity contribution < 1.29 is 19.7 Å². The third-order valence-electron chi connectivity index (χ3n) is 3.00. The molecule has 4 heteroatoms. The highest BCUT2D eigenvalue weighted by molar-refractivity contribution is 4.74. The molecule has 1 aliphatic rings. The number of unbranched alkanes of at least 4 members (excludes halogenated alkanes) is 3. The number of ether oxygens (including phenoxy) is 2. The van der Waals surface area contributed by atoms with Crippen LogP contribution < -0.4 is 0 Å². The highest BCUT2D eigenvalue weighted by Crippen LogP contribution is 2.31. The normalized spacial score (nSPS) is 19.1. The number of hydrogen-bond acceptors (Lipinski definition) is 4. The van der Waals surface area contributed by atoms with E-state index in [-0.39, 0.29) is 13.2 Å². The maximum atomic E-state index is 8.76. The van der Waals surface area contributed by atoms with Gasteiger partial charge in [-0.1, -0.05) is 6.42 Å². The number of aliphatic hydroxyl groups excluding tert-OH is 2. The van der Waals surface area contributed by atoms with Crippen LogP contribution in [-0.2, 0) is 9.47 Å². The molecule has 0 unspecified atom stereocenters. The van der Waals surface area contributed by atoms with E-state index in [1.54, 1.807) is 0 Å². The molecule has 2 N–H and O–H groups in total. The smallest absolute Gasteiger partial charge is 0.168 e. The summed E-state index contributed by atoms with van der Waals surface area (Å²) >= 11 is 0. The molecule has 1 aliphatic heterocycles. The van der Waals surface area contributed by atoms with E-state index in [4.69, 9.17) is 19.7 Å². The van der Waals surface area contributed by atoms with Gasteiger partial charge in [-0.2, -0.15) is 0 Å². The Kier molecular flexibility index (Phi) is 6.96. The van der Waals surface area contributed by atoms with Gasteiger partial charge >= 0.3 is 0 Å². The zero-order chi connectivity index (χ0) is 11.7. The Balaban J connectivity index is 2.22. The fourth-order valence-electron chi connectivity index (χ4n) is 2.10. The van der Waals surface area contributed by atoms with Gasteiger partial charge in [0, 0.05) is 26.1 Å².